The van der Waals surface area contributed by atoms with Crippen molar-refractivity contribution >= 4 is 9.92 Å². The predicted molar refractivity (Wildman–Crippen MR) is 36.2 cm³/mol. The van der Waals surface area contributed by atoms with Gasteiger partial charge in [-0.3, -0.25) is 4.84 Å². The summed E-state index contributed by atoms with van der Waals surface area (Å²) in [7, 11) is -1.17. The molecule has 0 aromatic heterocycles. The van der Waals surface area contributed by atoms with E-state index >= 15 is 0 Å². The summed E-state index contributed by atoms with van der Waals surface area (Å²) in [4.78, 5) is 4.78. The fourth-order valence-corrected chi connectivity index (χ4v) is 0.589. The second-order valence-electron chi connectivity index (χ2n) is 1.66. The highest BCUT2D eigenvalue weighted by molar-refractivity contribution is 7.89. The Morgan fingerprint density at radius 2 is 2.22 bits per heavy atom. The molecule has 5 heteroatoms. The standard InChI is InChI=1S/C4H12N2O2S/c1-4-8-6(2)9(3,5)7/h5H,4H2,1-3H3. The fraction of sp³-hybridized carbons (Fsp3) is 1.00. The third-order valence-electron chi connectivity index (χ3n) is 0.802. The molecule has 0 saturated carbocycles. The molecule has 0 heterocycles. The van der Waals surface area contributed by atoms with Crippen molar-refractivity contribution in [2.24, 2.45) is 0 Å². The molecule has 0 saturated heterocycles. The molecule has 9 heavy (non-hydrogen) atoms. The van der Waals surface area contributed by atoms with Crippen molar-refractivity contribution in [2.45, 2.75) is 6.92 Å². The molecule has 0 radical (unpaired) electrons. The number of rotatable bonds is 3. The van der Waals surface area contributed by atoms with Crippen molar-refractivity contribution in [1.29, 1.82) is 4.78 Å². The van der Waals surface area contributed by atoms with Crippen molar-refractivity contribution in [2.75, 3.05) is 19.9 Å². The van der Waals surface area contributed by atoms with Gasteiger partial charge in [0.05, 0.1) is 6.61 Å². The summed E-state index contributed by atoms with van der Waals surface area (Å²) in [6.45, 7) is 2.22. The number of nitrogens with one attached hydrogen (secondary N) is 1. The maximum absolute atomic E-state index is 10.7. The van der Waals surface area contributed by atoms with E-state index in [1.807, 2.05) is 0 Å². The molecule has 0 bridgehead atoms. The summed E-state index contributed by atoms with van der Waals surface area (Å²) < 4.78 is 18.8. The lowest BCUT2D eigenvalue weighted by molar-refractivity contribution is -0.0545. The zero-order valence-corrected chi connectivity index (χ0v) is 6.70. The minimum Gasteiger partial charge on any atom is -0.286 e. The largest absolute Gasteiger partial charge is 0.286 e. The van der Waals surface area contributed by atoms with Crippen molar-refractivity contribution < 1.29 is 9.05 Å². The topological polar surface area (TPSA) is 53.4 Å². The van der Waals surface area contributed by atoms with Gasteiger partial charge in [0.25, 0.3) is 0 Å². The molecular formula is C4H12N2O2S. The molecule has 1 N–H and O–H groups in total. The summed E-state index contributed by atoms with van der Waals surface area (Å²) in [6.07, 6.45) is 1.31. The summed E-state index contributed by atoms with van der Waals surface area (Å²) >= 11 is 0. The molecule has 0 aliphatic carbocycles. The van der Waals surface area contributed by atoms with Crippen molar-refractivity contribution in [3.63, 3.8) is 0 Å². The summed E-state index contributed by atoms with van der Waals surface area (Å²) in [5.41, 5.74) is 0. The van der Waals surface area contributed by atoms with Crippen molar-refractivity contribution in [3.8, 4) is 0 Å². The Morgan fingerprint density at radius 1 is 1.78 bits per heavy atom. The van der Waals surface area contributed by atoms with Crippen LogP contribution in [-0.4, -0.2) is 28.6 Å². The van der Waals surface area contributed by atoms with E-state index in [9.17, 15) is 4.21 Å². The van der Waals surface area contributed by atoms with Crippen LogP contribution in [0.2, 0.25) is 0 Å². The summed E-state index contributed by atoms with van der Waals surface area (Å²) in [5.74, 6) is 0. The van der Waals surface area contributed by atoms with Gasteiger partial charge in [0.2, 0.25) is 0 Å². The maximum Gasteiger partial charge on any atom is 0.126 e. The molecule has 0 aliphatic heterocycles. The van der Waals surface area contributed by atoms with Gasteiger partial charge in [-0.15, -0.1) is 4.47 Å². The Kier molecular flexibility index (Phi) is 3.10. The van der Waals surface area contributed by atoms with Crippen LogP contribution >= 0.6 is 0 Å². The molecule has 0 rings (SSSR count). The van der Waals surface area contributed by atoms with E-state index in [1.54, 1.807) is 6.92 Å². The lowest BCUT2D eigenvalue weighted by atomic mass is 10.9. The Morgan fingerprint density at radius 3 is 2.33 bits per heavy atom. The Balaban J connectivity index is 3.90. The van der Waals surface area contributed by atoms with E-state index < -0.39 is 9.92 Å². The summed E-state index contributed by atoms with van der Waals surface area (Å²) in [6, 6.07) is 0. The van der Waals surface area contributed by atoms with Crippen molar-refractivity contribution in [1.82, 2.24) is 4.47 Å². The zero-order valence-electron chi connectivity index (χ0n) is 5.88. The van der Waals surface area contributed by atoms with Gasteiger partial charge in [-0.25, -0.2) is 8.99 Å². The monoisotopic (exact) mass is 152 g/mol. The van der Waals surface area contributed by atoms with Crippen LogP contribution in [0, 0.1) is 4.78 Å². The van der Waals surface area contributed by atoms with Gasteiger partial charge in [0, 0.05) is 13.3 Å². The average Bonchev–Trinajstić information content (AvgIpc) is 1.64. The lowest BCUT2D eigenvalue weighted by Crippen LogP contribution is -2.24. The first-order valence-electron chi connectivity index (χ1n) is 2.59. The van der Waals surface area contributed by atoms with Gasteiger partial charge in [0.1, 0.15) is 9.92 Å². The molecule has 4 nitrogen and oxygen atoms in total. The number of nitrogens with zero attached hydrogens (tertiary/aromatic N) is 1. The van der Waals surface area contributed by atoms with Gasteiger partial charge in [0.15, 0.2) is 0 Å². The first-order chi connectivity index (χ1) is 3.98. The van der Waals surface area contributed by atoms with Gasteiger partial charge in [-0.1, -0.05) is 0 Å². The van der Waals surface area contributed by atoms with Crippen LogP contribution in [0.5, 0.6) is 0 Å². The third kappa shape index (κ3) is 3.45. The first kappa shape index (κ1) is 8.87. The predicted octanol–water partition coefficient (Wildman–Crippen LogP) is 0.461. The quantitative estimate of drug-likeness (QED) is 0.597. The van der Waals surface area contributed by atoms with Crippen LogP contribution in [0.15, 0.2) is 0 Å². The van der Waals surface area contributed by atoms with Crippen LogP contribution in [-0.2, 0) is 14.8 Å². The smallest absolute Gasteiger partial charge is 0.126 e. The molecule has 0 spiro atoms. The van der Waals surface area contributed by atoms with Gasteiger partial charge < -0.3 is 0 Å². The average molecular weight is 152 g/mol. The first-order valence-corrected chi connectivity index (χ1v) is 4.51. The fourth-order valence-electron chi connectivity index (χ4n) is 0.282. The van der Waals surface area contributed by atoms with E-state index in [0.29, 0.717) is 6.61 Å². The van der Waals surface area contributed by atoms with Crippen LogP contribution < -0.4 is 0 Å². The minimum atomic E-state index is -2.65. The molecule has 1 unspecified atom stereocenters. The second-order valence-corrected chi connectivity index (χ2v) is 3.78. The zero-order chi connectivity index (χ0) is 7.49. The molecular weight excluding hydrogens is 140 g/mol. The Labute approximate surface area is 55.9 Å². The number of hydrogen-bond acceptors (Lipinski definition) is 3. The van der Waals surface area contributed by atoms with Crippen molar-refractivity contribution in [3.05, 3.63) is 0 Å². The molecule has 56 valence electrons. The minimum absolute atomic E-state index is 0.445. The third-order valence-corrected chi connectivity index (χ3v) is 1.89. The Bertz CT molecular complexity index is 163. The molecule has 0 aliphatic rings. The molecule has 0 amide bonds. The highest BCUT2D eigenvalue weighted by Gasteiger charge is 2.04. The van der Waals surface area contributed by atoms with Gasteiger partial charge >= 0.3 is 0 Å². The highest BCUT2D eigenvalue weighted by atomic mass is 32.2. The molecule has 0 aromatic rings. The van der Waals surface area contributed by atoms with E-state index in [4.69, 9.17) is 9.62 Å². The van der Waals surface area contributed by atoms with E-state index in [2.05, 4.69) is 0 Å². The maximum atomic E-state index is 10.7. The highest BCUT2D eigenvalue weighted by Crippen LogP contribution is 1.93. The van der Waals surface area contributed by atoms with E-state index in [-0.39, 0.29) is 0 Å². The molecule has 0 fully saturated rings. The summed E-state index contributed by atoms with van der Waals surface area (Å²) in [5, 5.41) is 0. The van der Waals surface area contributed by atoms with Gasteiger partial charge in [-0.2, -0.15) is 0 Å². The van der Waals surface area contributed by atoms with Crippen LogP contribution in [0.3, 0.4) is 0 Å². The second kappa shape index (κ2) is 3.14. The number of hydroxylamine groups is 1. The van der Waals surface area contributed by atoms with E-state index in [1.165, 1.54) is 13.3 Å². The molecule has 0 aromatic carbocycles. The van der Waals surface area contributed by atoms with Crippen LogP contribution in [0.4, 0.5) is 0 Å². The normalized spacial score (nSPS) is 17.8. The lowest BCUT2D eigenvalue weighted by Gasteiger charge is -2.13. The van der Waals surface area contributed by atoms with Gasteiger partial charge in [-0.05, 0) is 6.92 Å². The van der Waals surface area contributed by atoms with Crippen LogP contribution in [0.1, 0.15) is 6.92 Å². The van der Waals surface area contributed by atoms with Crippen LogP contribution in [0.25, 0.3) is 0 Å². The SMILES string of the molecule is CCON(C)S(C)(=N)=O. The number of hydrogen-bond donors (Lipinski definition) is 1. The Hall–Kier alpha value is -0.130. The molecule has 1 atom stereocenters. The van der Waals surface area contributed by atoms with E-state index in [0.717, 1.165) is 4.47 Å².